The maximum Gasteiger partial charge on any atom is 0.223 e. The molecule has 1 amide bonds. The van der Waals surface area contributed by atoms with Crippen molar-refractivity contribution in [2.24, 2.45) is 17.8 Å². The van der Waals surface area contributed by atoms with Crippen molar-refractivity contribution in [2.45, 2.75) is 19.3 Å². The summed E-state index contributed by atoms with van der Waals surface area (Å²) in [5.41, 5.74) is 0. The zero-order chi connectivity index (χ0) is 9.97. The fraction of sp³-hybridized carbons (Fsp3) is 0.727. The van der Waals surface area contributed by atoms with Crippen LogP contribution in [0, 0.1) is 17.8 Å². The molecule has 2 fully saturated rings. The molecule has 78 valence electrons. The van der Waals surface area contributed by atoms with Crippen LogP contribution in [0.25, 0.3) is 0 Å². The molecule has 0 heterocycles. The standard InChI is InChI=1S/C11H16ClNO/c12-6-1-2-7-13-11(14)10-8-4-3-5-9(8)10/h1-2,8-10H,3-7H2,(H,13,14)/b2-1+. The van der Waals surface area contributed by atoms with Crippen molar-refractivity contribution in [3.05, 3.63) is 12.2 Å². The number of hydrogen-bond acceptors (Lipinski definition) is 1. The lowest BCUT2D eigenvalue weighted by Gasteiger charge is -2.03. The molecule has 2 rings (SSSR count). The molecule has 0 bridgehead atoms. The van der Waals surface area contributed by atoms with Crippen LogP contribution in [0.2, 0.25) is 0 Å². The summed E-state index contributed by atoms with van der Waals surface area (Å²) in [5, 5.41) is 2.92. The van der Waals surface area contributed by atoms with E-state index in [9.17, 15) is 4.79 Å². The third-order valence-electron chi connectivity index (χ3n) is 3.36. The van der Waals surface area contributed by atoms with Gasteiger partial charge in [0.05, 0.1) is 0 Å². The molecule has 2 saturated carbocycles. The summed E-state index contributed by atoms with van der Waals surface area (Å²) >= 11 is 5.47. The molecule has 0 aliphatic heterocycles. The van der Waals surface area contributed by atoms with Gasteiger partial charge in [-0.1, -0.05) is 18.6 Å². The Kier molecular flexibility index (Phi) is 3.12. The second-order valence-electron chi connectivity index (χ2n) is 4.16. The zero-order valence-electron chi connectivity index (χ0n) is 8.21. The van der Waals surface area contributed by atoms with Crippen LogP contribution in [0.15, 0.2) is 12.2 Å². The van der Waals surface area contributed by atoms with Crippen molar-refractivity contribution in [3.8, 4) is 0 Å². The Morgan fingerprint density at radius 1 is 1.36 bits per heavy atom. The third-order valence-corrected chi connectivity index (χ3v) is 3.54. The topological polar surface area (TPSA) is 29.1 Å². The highest BCUT2D eigenvalue weighted by Crippen LogP contribution is 2.57. The average Bonchev–Trinajstić information content (AvgIpc) is 2.67. The Bertz CT molecular complexity index is 242. The number of amides is 1. The molecule has 1 N–H and O–H groups in total. The second kappa shape index (κ2) is 4.35. The predicted octanol–water partition coefficient (Wildman–Crippen LogP) is 1.94. The first-order valence-electron chi connectivity index (χ1n) is 5.33. The molecule has 2 atom stereocenters. The van der Waals surface area contributed by atoms with Gasteiger partial charge in [0.2, 0.25) is 5.91 Å². The van der Waals surface area contributed by atoms with Crippen LogP contribution in [0.5, 0.6) is 0 Å². The van der Waals surface area contributed by atoms with E-state index in [2.05, 4.69) is 5.32 Å². The van der Waals surface area contributed by atoms with Crippen LogP contribution in [-0.4, -0.2) is 18.3 Å². The molecule has 0 saturated heterocycles. The van der Waals surface area contributed by atoms with E-state index in [-0.39, 0.29) is 5.91 Å². The van der Waals surface area contributed by atoms with Gasteiger partial charge in [-0.25, -0.2) is 0 Å². The van der Waals surface area contributed by atoms with E-state index >= 15 is 0 Å². The van der Waals surface area contributed by atoms with Crippen molar-refractivity contribution < 1.29 is 4.79 Å². The average molecular weight is 214 g/mol. The van der Waals surface area contributed by atoms with Crippen molar-refractivity contribution in [2.75, 3.05) is 12.4 Å². The SMILES string of the molecule is O=C(NC/C=C/CCl)C1C2CCCC21. The molecule has 0 radical (unpaired) electrons. The maximum absolute atomic E-state index is 11.6. The van der Waals surface area contributed by atoms with Gasteiger partial charge < -0.3 is 5.32 Å². The lowest BCUT2D eigenvalue weighted by Crippen LogP contribution is -2.26. The lowest BCUT2D eigenvalue weighted by molar-refractivity contribution is -0.122. The van der Waals surface area contributed by atoms with Gasteiger partial charge in [0.1, 0.15) is 0 Å². The number of nitrogens with one attached hydrogen (secondary N) is 1. The van der Waals surface area contributed by atoms with Gasteiger partial charge in [0, 0.05) is 18.3 Å². The number of hydrogen-bond donors (Lipinski definition) is 1. The second-order valence-corrected chi connectivity index (χ2v) is 4.46. The highest BCUT2D eigenvalue weighted by atomic mass is 35.5. The molecule has 2 aliphatic rings. The van der Waals surface area contributed by atoms with E-state index in [1.165, 1.54) is 19.3 Å². The fourth-order valence-corrected chi connectivity index (χ4v) is 2.76. The summed E-state index contributed by atoms with van der Waals surface area (Å²) in [6.45, 7) is 0.626. The van der Waals surface area contributed by atoms with E-state index in [0.29, 0.717) is 30.2 Å². The Morgan fingerprint density at radius 2 is 2.07 bits per heavy atom. The number of carbonyl (C=O) groups is 1. The molecule has 2 unspecified atom stereocenters. The fourth-order valence-electron chi connectivity index (χ4n) is 2.63. The van der Waals surface area contributed by atoms with Gasteiger partial charge in [0.25, 0.3) is 0 Å². The highest BCUT2D eigenvalue weighted by molar-refractivity contribution is 6.18. The van der Waals surface area contributed by atoms with E-state index in [1.807, 2.05) is 12.2 Å². The predicted molar refractivity (Wildman–Crippen MR) is 57.2 cm³/mol. The number of allylic oxidation sites excluding steroid dienone is 1. The molecule has 0 aromatic heterocycles. The van der Waals surface area contributed by atoms with Crippen molar-refractivity contribution in [1.29, 1.82) is 0 Å². The van der Waals surface area contributed by atoms with Gasteiger partial charge in [-0.05, 0) is 24.7 Å². The Morgan fingerprint density at radius 3 is 2.71 bits per heavy atom. The summed E-state index contributed by atoms with van der Waals surface area (Å²) in [6, 6.07) is 0. The normalized spacial score (nSPS) is 34.5. The quantitative estimate of drug-likeness (QED) is 0.561. The third kappa shape index (κ3) is 1.95. The van der Waals surface area contributed by atoms with Gasteiger partial charge in [-0.3, -0.25) is 4.79 Å². The van der Waals surface area contributed by atoms with Crippen molar-refractivity contribution >= 4 is 17.5 Å². The summed E-state index contributed by atoms with van der Waals surface area (Å²) in [6.07, 6.45) is 7.62. The highest BCUT2D eigenvalue weighted by Gasteiger charge is 2.56. The Hall–Kier alpha value is -0.500. The molecular weight excluding hydrogens is 198 g/mol. The smallest absolute Gasteiger partial charge is 0.223 e. The summed E-state index contributed by atoms with van der Waals surface area (Å²) < 4.78 is 0. The molecular formula is C11H16ClNO. The first kappa shape index (κ1) is 10.0. The first-order valence-corrected chi connectivity index (χ1v) is 5.86. The molecule has 14 heavy (non-hydrogen) atoms. The van der Waals surface area contributed by atoms with Crippen LogP contribution in [0.3, 0.4) is 0 Å². The number of halogens is 1. The van der Waals surface area contributed by atoms with Crippen LogP contribution in [0.1, 0.15) is 19.3 Å². The van der Waals surface area contributed by atoms with Gasteiger partial charge in [-0.15, -0.1) is 11.6 Å². The molecule has 0 spiro atoms. The van der Waals surface area contributed by atoms with Gasteiger partial charge in [-0.2, -0.15) is 0 Å². The first-order chi connectivity index (χ1) is 6.84. The van der Waals surface area contributed by atoms with Crippen LogP contribution in [-0.2, 0) is 4.79 Å². The molecule has 3 heteroatoms. The molecule has 0 aromatic rings. The van der Waals surface area contributed by atoms with Crippen molar-refractivity contribution in [1.82, 2.24) is 5.32 Å². The lowest BCUT2D eigenvalue weighted by atomic mass is 10.1. The maximum atomic E-state index is 11.6. The minimum Gasteiger partial charge on any atom is -0.352 e. The van der Waals surface area contributed by atoms with Crippen molar-refractivity contribution in [3.63, 3.8) is 0 Å². The summed E-state index contributed by atoms with van der Waals surface area (Å²) in [5.74, 6) is 2.54. The minimum atomic E-state index is 0.249. The Balaban J connectivity index is 1.67. The Labute approximate surface area is 89.7 Å². The van der Waals surface area contributed by atoms with E-state index in [1.54, 1.807) is 0 Å². The molecule has 2 aliphatic carbocycles. The molecule has 2 nitrogen and oxygen atoms in total. The number of fused-ring (bicyclic) bond motifs is 1. The number of alkyl halides is 1. The zero-order valence-corrected chi connectivity index (χ0v) is 8.96. The van der Waals surface area contributed by atoms with Crippen LogP contribution >= 0.6 is 11.6 Å². The summed E-state index contributed by atoms with van der Waals surface area (Å²) in [7, 11) is 0. The number of carbonyl (C=O) groups excluding carboxylic acids is 1. The number of rotatable bonds is 4. The van der Waals surface area contributed by atoms with E-state index < -0.39 is 0 Å². The van der Waals surface area contributed by atoms with E-state index in [0.717, 1.165) is 0 Å². The van der Waals surface area contributed by atoms with Crippen LogP contribution < -0.4 is 5.32 Å². The van der Waals surface area contributed by atoms with E-state index in [4.69, 9.17) is 11.6 Å². The molecule has 0 aromatic carbocycles. The van der Waals surface area contributed by atoms with Crippen LogP contribution in [0.4, 0.5) is 0 Å². The minimum absolute atomic E-state index is 0.249. The monoisotopic (exact) mass is 213 g/mol. The van der Waals surface area contributed by atoms with Gasteiger partial charge in [0.15, 0.2) is 0 Å². The largest absolute Gasteiger partial charge is 0.352 e. The van der Waals surface area contributed by atoms with Gasteiger partial charge >= 0.3 is 0 Å². The summed E-state index contributed by atoms with van der Waals surface area (Å²) in [4.78, 5) is 11.6.